The molecule has 3 nitrogen and oxygen atoms in total. The van der Waals surface area contributed by atoms with Gasteiger partial charge in [0.15, 0.2) is 0 Å². The maximum atomic E-state index is 10.3. The standard InChI is InChI=1S/C44H38N2O.Y/c1-44(31-13-5-4-6-14-31,32-24-21-29(22-25-32)30-23-26-41(45-2)42(27-30)46(3)47)40-28-39-35-17-8-7-15-33(35)34-16-9-11-19-37(34)43(39)38-20-12-10-18-36(38)40;/h4-27,40,45,47H,28H2,1-3H3;. The predicted molar refractivity (Wildman–Crippen MR) is 198 cm³/mol. The first-order valence-corrected chi connectivity index (χ1v) is 16.4. The van der Waals surface area contributed by atoms with Gasteiger partial charge in [0.2, 0.25) is 0 Å². The van der Waals surface area contributed by atoms with Gasteiger partial charge in [0.05, 0.1) is 11.4 Å². The van der Waals surface area contributed by atoms with Gasteiger partial charge in [0.1, 0.15) is 0 Å². The van der Waals surface area contributed by atoms with Gasteiger partial charge in [0, 0.05) is 58.1 Å². The molecular weight excluding hydrogens is 661 g/mol. The molecule has 7 aromatic rings. The van der Waals surface area contributed by atoms with E-state index in [2.05, 4.69) is 146 Å². The number of rotatable bonds is 6. The second-order valence-electron chi connectivity index (χ2n) is 12.9. The molecule has 8 rings (SSSR count). The third-order valence-corrected chi connectivity index (χ3v) is 10.6. The van der Waals surface area contributed by atoms with Crippen molar-refractivity contribution in [3.8, 4) is 22.3 Å². The number of hydroxylamine groups is 1. The smallest absolute Gasteiger partial charge is 0.0868 e. The Hall–Kier alpha value is -4.28. The largest absolute Gasteiger partial charge is 0.386 e. The van der Waals surface area contributed by atoms with Crippen LogP contribution in [0.2, 0.25) is 0 Å². The van der Waals surface area contributed by atoms with Gasteiger partial charge >= 0.3 is 0 Å². The Balaban J connectivity index is 0.00000364. The maximum Gasteiger partial charge on any atom is 0.0868 e. The molecule has 2 atom stereocenters. The van der Waals surface area contributed by atoms with Crippen LogP contribution in [-0.4, -0.2) is 19.3 Å². The van der Waals surface area contributed by atoms with Crippen molar-refractivity contribution in [2.24, 2.45) is 0 Å². The number of anilines is 2. The van der Waals surface area contributed by atoms with E-state index in [1.807, 2.05) is 19.2 Å². The van der Waals surface area contributed by atoms with E-state index < -0.39 is 0 Å². The normalized spacial score (nSPS) is 14.8. The molecule has 2 N–H and O–H groups in total. The second kappa shape index (κ2) is 13.0. The summed E-state index contributed by atoms with van der Waals surface area (Å²) < 4.78 is 0. The molecule has 1 aliphatic rings. The molecule has 2 unspecified atom stereocenters. The van der Waals surface area contributed by atoms with Crippen LogP contribution in [0.15, 0.2) is 146 Å². The Bertz CT molecular complexity index is 2260. The molecule has 233 valence electrons. The number of benzene rings is 7. The van der Waals surface area contributed by atoms with Gasteiger partial charge in [0.25, 0.3) is 0 Å². The van der Waals surface area contributed by atoms with E-state index in [0.717, 1.165) is 28.9 Å². The SMILES string of the molecule is CNc1ccc(-c2ccc(C(C)(c3ccccc3)C3Cc4c(c5ccccc5c5ccccc45)-c4ccccc43)cc2)cc1N(C)O.[Y]. The molecule has 1 aliphatic carbocycles. The molecule has 0 bridgehead atoms. The van der Waals surface area contributed by atoms with Gasteiger partial charge in [-0.15, -0.1) is 0 Å². The molecule has 0 saturated heterocycles. The predicted octanol–water partition coefficient (Wildman–Crippen LogP) is 10.8. The third-order valence-electron chi connectivity index (χ3n) is 10.6. The monoisotopic (exact) mass is 699 g/mol. The minimum absolute atomic E-state index is 0. The average Bonchev–Trinajstić information content (AvgIpc) is 3.14. The average molecular weight is 700 g/mol. The van der Waals surface area contributed by atoms with Crippen molar-refractivity contribution in [1.82, 2.24) is 0 Å². The van der Waals surface area contributed by atoms with Crippen molar-refractivity contribution < 1.29 is 37.9 Å². The van der Waals surface area contributed by atoms with Crippen molar-refractivity contribution in [2.45, 2.75) is 24.7 Å². The van der Waals surface area contributed by atoms with Crippen molar-refractivity contribution in [1.29, 1.82) is 0 Å². The van der Waals surface area contributed by atoms with Gasteiger partial charge in [-0.25, -0.2) is 0 Å². The van der Waals surface area contributed by atoms with Crippen LogP contribution >= 0.6 is 0 Å². The van der Waals surface area contributed by atoms with Crippen molar-refractivity contribution in [2.75, 3.05) is 24.5 Å². The summed E-state index contributed by atoms with van der Waals surface area (Å²) in [6.07, 6.45) is 0.933. The molecule has 0 amide bonds. The van der Waals surface area contributed by atoms with Crippen LogP contribution in [-0.2, 0) is 44.5 Å². The minimum atomic E-state index is -0.313. The molecule has 0 aromatic heterocycles. The van der Waals surface area contributed by atoms with Crippen molar-refractivity contribution in [3.63, 3.8) is 0 Å². The first-order chi connectivity index (χ1) is 23.0. The summed E-state index contributed by atoms with van der Waals surface area (Å²) in [6, 6.07) is 53.2. The van der Waals surface area contributed by atoms with E-state index in [-0.39, 0.29) is 44.0 Å². The summed E-state index contributed by atoms with van der Waals surface area (Å²) in [5.41, 5.74) is 11.6. The Kier molecular flexibility index (Phi) is 8.72. The minimum Gasteiger partial charge on any atom is -0.386 e. The summed E-state index contributed by atoms with van der Waals surface area (Å²) >= 11 is 0. The van der Waals surface area contributed by atoms with E-state index in [1.54, 1.807) is 7.05 Å². The van der Waals surface area contributed by atoms with Crippen LogP contribution < -0.4 is 10.4 Å². The van der Waals surface area contributed by atoms with E-state index in [4.69, 9.17) is 0 Å². The van der Waals surface area contributed by atoms with Gasteiger partial charge in [-0.05, 0) is 84.6 Å². The molecule has 1 radical (unpaired) electrons. The summed E-state index contributed by atoms with van der Waals surface area (Å²) in [4.78, 5) is 0. The molecule has 7 aromatic carbocycles. The van der Waals surface area contributed by atoms with Gasteiger partial charge < -0.3 is 5.32 Å². The van der Waals surface area contributed by atoms with Crippen molar-refractivity contribution in [3.05, 3.63) is 168 Å². The molecule has 0 fully saturated rings. The summed E-state index contributed by atoms with van der Waals surface area (Å²) in [5.74, 6) is 0.202. The quantitative estimate of drug-likeness (QED) is 0.134. The fraction of sp³-hybridized carbons (Fsp3) is 0.136. The topological polar surface area (TPSA) is 35.5 Å². The zero-order chi connectivity index (χ0) is 32.1. The number of hydrogen-bond acceptors (Lipinski definition) is 3. The first-order valence-electron chi connectivity index (χ1n) is 16.4. The van der Waals surface area contributed by atoms with Gasteiger partial charge in [-0.2, -0.15) is 0 Å². The fourth-order valence-electron chi connectivity index (χ4n) is 8.14. The molecule has 0 heterocycles. The maximum absolute atomic E-state index is 10.3. The zero-order valence-electron chi connectivity index (χ0n) is 27.6. The zero-order valence-corrected chi connectivity index (χ0v) is 30.5. The first kappa shape index (κ1) is 32.3. The second-order valence-corrected chi connectivity index (χ2v) is 12.9. The van der Waals surface area contributed by atoms with Crippen molar-refractivity contribution >= 4 is 32.9 Å². The molecule has 48 heavy (non-hydrogen) atoms. The van der Waals surface area contributed by atoms with Crippen LogP contribution in [0.1, 0.15) is 35.1 Å². The molecule has 0 spiro atoms. The van der Waals surface area contributed by atoms with E-state index in [9.17, 15) is 5.21 Å². The molecule has 4 heteroatoms. The van der Waals surface area contributed by atoms with Crippen LogP contribution in [0.4, 0.5) is 11.4 Å². The summed E-state index contributed by atoms with van der Waals surface area (Å²) in [6.45, 7) is 2.44. The number of nitrogens with one attached hydrogen (secondary N) is 1. The number of hydrogen-bond donors (Lipinski definition) is 2. The Morgan fingerprint density at radius 3 is 1.90 bits per heavy atom. The van der Waals surface area contributed by atoms with Crippen LogP contribution in [0.25, 0.3) is 43.8 Å². The van der Waals surface area contributed by atoms with E-state index in [1.165, 1.54) is 60.0 Å². The van der Waals surface area contributed by atoms with Gasteiger partial charge in [-0.1, -0.05) is 140 Å². The Morgan fingerprint density at radius 2 is 1.21 bits per heavy atom. The fourth-order valence-corrected chi connectivity index (χ4v) is 8.14. The third kappa shape index (κ3) is 5.17. The van der Waals surface area contributed by atoms with Crippen LogP contribution in [0, 0.1) is 0 Å². The van der Waals surface area contributed by atoms with Gasteiger partial charge in [-0.3, -0.25) is 10.3 Å². The molecular formula is C44H38N2OY. The number of fused-ring (bicyclic) bond motifs is 8. The Labute approximate surface area is 308 Å². The molecule has 0 aliphatic heterocycles. The molecule has 0 saturated carbocycles. The summed E-state index contributed by atoms with van der Waals surface area (Å²) in [5, 5.41) is 20.0. The summed E-state index contributed by atoms with van der Waals surface area (Å²) in [7, 11) is 3.52. The number of nitrogens with zero attached hydrogens (tertiary/aromatic N) is 1. The van der Waals surface area contributed by atoms with Crippen LogP contribution in [0.3, 0.4) is 0 Å². The Morgan fingerprint density at radius 1 is 0.646 bits per heavy atom. The van der Waals surface area contributed by atoms with Crippen LogP contribution in [0.5, 0.6) is 0 Å². The van der Waals surface area contributed by atoms with E-state index in [0.29, 0.717) is 0 Å². The van der Waals surface area contributed by atoms with E-state index >= 15 is 0 Å².